The Morgan fingerprint density at radius 3 is 2.94 bits per heavy atom. The molecule has 1 saturated heterocycles. The molecule has 0 spiro atoms. The van der Waals surface area contributed by atoms with Gasteiger partial charge in [0.05, 0.1) is 0 Å². The number of piperidine rings is 1. The molecule has 0 radical (unpaired) electrons. The zero-order chi connectivity index (χ0) is 13.1. The third kappa shape index (κ3) is 3.10. The highest BCUT2D eigenvalue weighted by atomic mass is 35.5. The van der Waals surface area contributed by atoms with Crippen LogP contribution in [0.2, 0.25) is 5.15 Å². The van der Waals surface area contributed by atoms with E-state index in [0.717, 1.165) is 0 Å². The van der Waals surface area contributed by atoms with Gasteiger partial charge in [-0.2, -0.15) is 0 Å². The predicted octanol–water partition coefficient (Wildman–Crippen LogP) is 0.326. The first-order valence-electron chi connectivity index (χ1n) is 5.55. The number of pyridine rings is 1. The minimum Gasteiger partial charge on any atom is -0.384 e. The molecule has 6 nitrogen and oxygen atoms in total. The lowest BCUT2D eigenvalue weighted by Crippen LogP contribution is -2.47. The highest BCUT2D eigenvalue weighted by Crippen LogP contribution is 2.13. The summed E-state index contributed by atoms with van der Waals surface area (Å²) in [4.78, 5) is 26.7. The lowest BCUT2D eigenvalue weighted by molar-refractivity contribution is -0.122. The molecule has 0 aromatic carbocycles. The Morgan fingerprint density at radius 2 is 2.33 bits per heavy atom. The smallest absolute Gasteiger partial charge is 0.251 e. The number of halogens is 1. The van der Waals surface area contributed by atoms with Gasteiger partial charge in [0.15, 0.2) is 0 Å². The SMILES string of the molecule is Nc1cc(C(=O)NC2CCC(=O)NC2)cc(Cl)n1. The average molecular weight is 269 g/mol. The molecule has 7 heteroatoms. The monoisotopic (exact) mass is 268 g/mol. The van der Waals surface area contributed by atoms with Crippen LogP contribution in [0.5, 0.6) is 0 Å². The average Bonchev–Trinajstić information content (AvgIpc) is 2.31. The highest BCUT2D eigenvalue weighted by molar-refractivity contribution is 6.29. The Balaban J connectivity index is 2.01. The maximum Gasteiger partial charge on any atom is 0.251 e. The zero-order valence-electron chi connectivity index (χ0n) is 9.57. The quantitative estimate of drug-likeness (QED) is 0.673. The van der Waals surface area contributed by atoms with Crippen LogP contribution in [0.25, 0.3) is 0 Å². The zero-order valence-corrected chi connectivity index (χ0v) is 10.3. The minimum atomic E-state index is -0.271. The van der Waals surface area contributed by atoms with E-state index >= 15 is 0 Å². The van der Waals surface area contributed by atoms with Crippen LogP contribution in [0, 0.1) is 0 Å². The molecule has 1 fully saturated rings. The fraction of sp³-hybridized carbons (Fsp3) is 0.364. The molecule has 18 heavy (non-hydrogen) atoms. The van der Waals surface area contributed by atoms with Gasteiger partial charge in [-0.25, -0.2) is 4.98 Å². The third-order valence-electron chi connectivity index (χ3n) is 2.68. The van der Waals surface area contributed by atoms with E-state index in [2.05, 4.69) is 15.6 Å². The molecule has 1 aromatic rings. The second kappa shape index (κ2) is 5.22. The Morgan fingerprint density at radius 1 is 1.56 bits per heavy atom. The number of aromatic nitrogens is 1. The van der Waals surface area contributed by atoms with Gasteiger partial charge < -0.3 is 16.4 Å². The normalized spacial score (nSPS) is 19.2. The summed E-state index contributed by atoms with van der Waals surface area (Å²) in [5.74, 6) is -0.0616. The molecule has 0 bridgehead atoms. The summed E-state index contributed by atoms with van der Waals surface area (Å²) >= 11 is 5.73. The second-order valence-corrected chi connectivity index (χ2v) is 4.50. The van der Waals surface area contributed by atoms with Gasteiger partial charge in [-0.1, -0.05) is 11.6 Å². The van der Waals surface area contributed by atoms with Crippen molar-refractivity contribution in [3.05, 3.63) is 22.8 Å². The Labute approximate surface area is 109 Å². The molecular weight excluding hydrogens is 256 g/mol. The van der Waals surface area contributed by atoms with Crippen molar-refractivity contribution in [1.29, 1.82) is 0 Å². The van der Waals surface area contributed by atoms with Gasteiger partial charge in [0.25, 0.3) is 5.91 Å². The predicted molar refractivity (Wildman–Crippen MR) is 67.2 cm³/mol. The molecule has 1 atom stereocenters. The second-order valence-electron chi connectivity index (χ2n) is 4.12. The van der Waals surface area contributed by atoms with E-state index in [1.807, 2.05) is 0 Å². The number of rotatable bonds is 2. The summed E-state index contributed by atoms with van der Waals surface area (Å²) in [6.07, 6.45) is 1.05. The van der Waals surface area contributed by atoms with E-state index in [4.69, 9.17) is 17.3 Å². The lowest BCUT2D eigenvalue weighted by Gasteiger charge is -2.23. The first-order valence-corrected chi connectivity index (χ1v) is 5.93. The van der Waals surface area contributed by atoms with Gasteiger partial charge in [-0.3, -0.25) is 9.59 Å². The summed E-state index contributed by atoms with van der Waals surface area (Å²) in [6.45, 7) is 0.443. The number of hydrogen-bond acceptors (Lipinski definition) is 4. The van der Waals surface area contributed by atoms with E-state index in [1.165, 1.54) is 12.1 Å². The van der Waals surface area contributed by atoms with Crippen molar-refractivity contribution in [2.45, 2.75) is 18.9 Å². The molecule has 0 saturated carbocycles. The van der Waals surface area contributed by atoms with Gasteiger partial charge in [-0.05, 0) is 18.6 Å². The number of hydrogen-bond donors (Lipinski definition) is 3. The molecular formula is C11H13ClN4O2. The Bertz CT molecular complexity index is 462. The molecule has 1 aliphatic rings. The summed E-state index contributed by atoms with van der Waals surface area (Å²) in [5.41, 5.74) is 5.88. The molecule has 2 rings (SSSR count). The molecule has 1 unspecified atom stereocenters. The fourth-order valence-electron chi connectivity index (χ4n) is 1.77. The van der Waals surface area contributed by atoms with E-state index in [9.17, 15) is 9.59 Å². The molecule has 96 valence electrons. The number of nitrogen functional groups attached to an aromatic ring is 1. The van der Waals surface area contributed by atoms with Crippen LogP contribution < -0.4 is 16.4 Å². The van der Waals surface area contributed by atoms with Crippen molar-refractivity contribution in [3.63, 3.8) is 0 Å². The first-order chi connectivity index (χ1) is 8.54. The van der Waals surface area contributed by atoms with Gasteiger partial charge in [-0.15, -0.1) is 0 Å². The summed E-state index contributed by atoms with van der Waals surface area (Å²) in [7, 11) is 0. The molecule has 2 amide bonds. The summed E-state index contributed by atoms with van der Waals surface area (Å²) in [6, 6.07) is 2.85. The largest absolute Gasteiger partial charge is 0.384 e. The minimum absolute atomic E-state index is 0.0108. The number of nitrogens with zero attached hydrogens (tertiary/aromatic N) is 1. The number of anilines is 1. The Hall–Kier alpha value is -1.82. The van der Waals surface area contributed by atoms with Crippen LogP contribution >= 0.6 is 11.6 Å². The van der Waals surface area contributed by atoms with Crippen LogP contribution in [-0.4, -0.2) is 29.4 Å². The molecule has 1 aromatic heterocycles. The van der Waals surface area contributed by atoms with E-state index < -0.39 is 0 Å². The van der Waals surface area contributed by atoms with Gasteiger partial charge in [0.1, 0.15) is 11.0 Å². The van der Waals surface area contributed by atoms with Crippen molar-refractivity contribution in [1.82, 2.24) is 15.6 Å². The van der Waals surface area contributed by atoms with Crippen LogP contribution in [-0.2, 0) is 4.79 Å². The molecule has 0 aliphatic carbocycles. The van der Waals surface area contributed by atoms with Crippen LogP contribution in [0.4, 0.5) is 5.82 Å². The number of nitrogens with two attached hydrogens (primary N) is 1. The third-order valence-corrected chi connectivity index (χ3v) is 2.87. The van der Waals surface area contributed by atoms with Crippen molar-refractivity contribution < 1.29 is 9.59 Å². The van der Waals surface area contributed by atoms with Gasteiger partial charge in [0, 0.05) is 24.6 Å². The maximum atomic E-state index is 11.9. The topological polar surface area (TPSA) is 97.1 Å². The molecule has 4 N–H and O–H groups in total. The number of carbonyl (C=O) groups is 2. The van der Waals surface area contributed by atoms with Gasteiger partial charge in [0.2, 0.25) is 5.91 Å². The van der Waals surface area contributed by atoms with Gasteiger partial charge >= 0.3 is 0 Å². The van der Waals surface area contributed by atoms with E-state index in [1.54, 1.807) is 0 Å². The van der Waals surface area contributed by atoms with Crippen LogP contribution in [0.1, 0.15) is 23.2 Å². The van der Waals surface area contributed by atoms with Crippen molar-refractivity contribution >= 4 is 29.2 Å². The molecule has 2 heterocycles. The lowest BCUT2D eigenvalue weighted by atomic mass is 10.1. The van der Waals surface area contributed by atoms with E-state index in [-0.39, 0.29) is 28.8 Å². The van der Waals surface area contributed by atoms with Crippen molar-refractivity contribution in [3.8, 4) is 0 Å². The summed E-state index contributed by atoms with van der Waals surface area (Å²) < 4.78 is 0. The number of amides is 2. The van der Waals surface area contributed by atoms with Crippen molar-refractivity contribution in [2.24, 2.45) is 0 Å². The van der Waals surface area contributed by atoms with E-state index in [0.29, 0.717) is 24.9 Å². The van der Waals surface area contributed by atoms with Crippen molar-refractivity contribution in [2.75, 3.05) is 12.3 Å². The first kappa shape index (κ1) is 12.6. The van der Waals surface area contributed by atoms with Crippen LogP contribution in [0.15, 0.2) is 12.1 Å². The standard InChI is InChI=1S/C11H13ClN4O2/c12-8-3-6(4-9(13)16-8)11(18)15-7-1-2-10(17)14-5-7/h3-4,7H,1-2,5H2,(H2,13,16)(H,14,17)(H,15,18). The number of nitrogens with one attached hydrogen (secondary N) is 2. The van der Waals surface area contributed by atoms with Crippen LogP contribution in [0.3, 0.4) is 0 Å². The highest BCUT2D eigenvalue weighted by Gasteiger charge is 2.20. The number of carbonyl (C=O) groups excluding carboxylic acids is 2. The molecule has 1 aliphatic heterocycles. The maximum absolute atomic E-state index is 11.9. The Kier molecular flexibility index (Phi) is 3.66. The summed E-state index contributed by atoms with van der Waals surface area (Å²) in [5, 5.41) is 5.69. The fourth-order valence-corrected chi connectivity index (χ4v) is 1.99.